The molecule has 106 valence electrons. The molecule has 3 rings (SSSR count). The highest BCUT2D eigenvalue weighted by Gasteiger charge is 2.31. The van der Waals surface area contributed by atoms with Gasteiger partial charge in [0.25, 0.3) is 0 Å². The maximum Gasteiger partial charge on any atom is 0.573 e. The molecule has 0 heterocycles. The van der Waals surface area contributed by atoms with Crippen molar-refractivity contribution in [2.45, 2.75) is 6.36 Å². The topological polar surface area (TPSA) is 9.23 Å². The minimum atomic E-state index is -4.68. The van der Waals surface area contributed by atoms with Crippen LogP contribution in [0.4, 0.5) is 13.2 Å². The van der Waals surface area contributed by atoms with E-state index in [1.165, 1.54) is 12.1 Å². The normalized spacial score (nSPS) is 11.6. The molecule has 0 aliphatic rings. The first kappa shape index (κ1) is 13.5. The molecule has 0 amide bonds. The summed E-state index contributed by atoms with van der Waals surface area (Å²) < 4.78 is 40.9. The maximum atomic E-state index is 12.3. The quantitative estimate of drug-likeness (QED) is 0.613. The van der Waals surface area contributed by atoms with Crippen molar-refractivity contribution in [3.63, 3.8) is 0 Å². The summed E-state index contributed by atoms with van der Waals surface area (Å²) in [7, 11) is 0. The van der Waals surface area contributed by atoms with Crippen molar-refractivity contribution in [1.29, 1.82) is 0 Å². The van der Waals surface area contributed by atoms with Crippen LogP contribution in [0, 0.1) is 0 Å². The smallest absolute Gasteiger partial charge is 0.406 e. The fourth-order valence-corrected chi connectivity index (χ4v) is 2.34. The van der Waals surface area contributed by atoms with Gasteiger partial charge in [0, 0.05) is 0 Å². The summed E-state index contributed by atoms with van der Waals surface area (Å²) in [5.74, 6) is -0.215. The second-order valence-electron chi connectivity index (χ2n) is 4.60. The first-order valence-electron chi connectivity index (χ1n) is 6.37. The molecule has 1 nitrogen and oxygen atoms in total. The third-order valence-corrected chi connectivity index (χ3v) is 3.17. The van der Waals surface area contributed by atoms with Gasteiger partial charge in [0.05, 0.1) is 0 Å². The van der Waals surface area contributed by atoms with Crippen molar-refractivity contribution < 1.29 is 17.9 Å². The van der Waals surface area contributed by atoms with E-state index >= 15 is 0 Å². The molecule has 0 radical (unpaired) electrons. The molecular weight excluding hydrogens is 277 g/mol. The molecule has 0 unspecified atom stereocenters. The van der Waals surface area contributed by atoms with Gasteiger partial charge in [-0.25, -0.2) is 0 Å². The van der Waals surface area contributed by atoms with E-state index in [0.29, 0.717) is 5.56 Å². The third kappa shape index (κ3) is 2.99. The summed E-state index contributed by atoms with van der Waals surface area (Å²) in [6, 6.07) is 19.5. The molecule has 0 saturated carbocycles. The molecule has 3 aromatic carbocycles. The molecule has 3 aromatic rings. The second-order valence-corrected chi connectivity index (χ2v) is 4.60. The predicted molar refractivity (Wildman–Crippen MR) is 76.1 cm³/mol. The van der Waals surface area contributed by atoms with Crippen LogP contribution in [0.1, 0.15) is 0 Å². The van der Waals surface area contributed by atoms with Crippen LogP contribution in [0.5, 0.6) is 5.75 Å². The third-order valence-electron chi connectivity index (χ3n) is 3.17. The molecule has 0 bridgehead atoms. The van der Waals surface area contributed by atoms with Crippen molar-refractivity contribution in [3.8, 4) is 16.9 Å². The molecule has 0 saturated heterocycles. The lowest BCUT2D eigenvalue weighted by molar-refractivity contribution is -0.274. The van der Waals surface area contributed by atoms with Gasteiger partial charge in [-0.05, 0) is 34.0 Å². The summed E-state index contributed by atoms with van der Waals surface area (Å²) in [6.45, 7) is 0. The highest BCUT2D eigenvalue weighted by Crippen LogP contribution is 2.32. The van der Waals surface area contributed by atoms with Crippen LogP contribution in [0.25, 0.3) is 21.9 Å². The van der Waals surface area contributed by atoms with Crippen LogP contribution in [-0.2, 0) is 0 Å². The van der Waals surface area contributed by atoms with Crippen LogP contribution in [-0.4, -0.2) is 6.36 Å². The number of hydrogen-bond acceptors (Lipinski definition) is 1. The van der Waals surface area contributed by atoms with Gasteiger partial charge < -0.3 is 4.74 Å². The lowest BCUT2D eigenvalue weighted by atomic mass is 9.98. The molecule has 0 atom stereocenters. The van der Waals surface area contributed by atoms with E-state index in [0.717, 1.165) is 16.3 Å². The average molecular weight is 288 g/mol. The summed E-state index contributed by atoms with van der Waals surface area (Å²) >= 11 is 0. The van der Waals surface area contributed by atoms with E-state index in [1.54, 1.807) is 12.1 Å². The molecular formula is C17H11F3O. The van der Waals surface area contributed by atoms with Gasteiger partial charge in [-0.2, -0.15) is 0 Å². The fraction of sp³-hybridized carbons (Fsp3) is 0.0588. The number of fused-ring (bicyclic) bond motifs is 1. The Morgan fingerprint density at radius 2 is 1.48 bits per heavy atom. The van der Waals surface area contributed by atoms with Crippen LogP contribution >= 0.6 is 0 Å². The Labute approximate surface area is 119 Å². The van der Waals surface area contributed by atoms with E-state index in [-0.39, 0.29) is 5.75 Å². The van der Waals surface area contributed by atoms with Gasteiger partial charge in [0.2, 0.25) is 0 Å². The summed E-state index contributed by atoms with van der Waals surface area (Å²) in [6.07, 6.45) is -4.68. The van der Waals surface area contributed by atoms with Crippen molar-refractivity contribution >= 4 is 10.8 Å². The summed E-state index contributed by atoms with van der Waals surface area (Å²) in [5.41, 5.74) is 1.56. The van der Waals surface area contributed by atoms with Gasteiger partial charge in [0.1, 0.15) is 5.75 Å². The van der Waals surface area contributed by atoms with E-state index in [2.05, 4.69) is 4.74 Å². The number of hydrogen-bond donors (Lipinski definition) is 0. The molecule has 0 fully saturated rings. The van der Waals surface area contributed by atoms with Crippen LogP contribution in [0.3, 0.4) is 0 Å². The minimum Gasteiger partial charge on any atom is -0.406 e. The zero-order valence-corrected chi connectivity index (χ0v) is 10.9. The van der Waals surface area contributed by atoms with Gasteiger partial charge in [-0.15, -0.1) is 13.2 Å². The van der Waals surface area contributed by atoms with E-state index in [4.69, 9.17) is 0 Å². The second kappa shape index (κ2) is 5.13. The van der Waals surface area contributed by atoms with Gasteiger partial charge in [-0.1, -0.05) is 54.6 Å². The average Bonchev–Trinajstić information content (AvgIpc) is 2.45. The van der Waals surface area contributed by atoms with Gasteiger partial charge >= 0.3 is 6.36 Å². The Bertz CT molecular complexity index is 773. The maximum absolute atomic E-state index is 12.3. The van der Waals surface area contributed by atoms with Gasteiger partial charge in [-0.3, -0.25) is 0 Å². The lowest BCUT2D eigenvalue weighted by Crippen LogP contribution is -2.17. The van der Waals surface area contributed by atoms with Crippen LogP contribution in [0.2, 0.25) is 0 Å². The molecule has 0 aliphatic heterocycles. The van der Waals surface area contributed by atoms with E-state index < -0.39 is 6.36 Å². The zero-order chi connectivity index (χ0) is 14.9. The first-order chi connectivity index (χ1) is 10.0. The highest BCUT2D eigenvalue weighted by atomic mass is 19.4. The number of halogens is 3. The number of alkyl halides is 3. The monoisotopic (exact) mass is 288 g/mol. The molecule has 0 aromatic heterocycles. The molecule has 0 aliphatic carbocycles. The first-order valence-corrected chi connectivity index (χ1v) is 6.37. The van der Waals surface area contributed by atoms with Crippen molar-refractivity contribution in [2.75, 3.05) is 0 Å². The Morgan fingerprint density at radius 1 is 0.762 bits per heavy atom. The predicted octanol–water partition coefficient (Wildman–Crippen LogP) is 5.41. The highest BCUT2D eigenvalue weighted by molar-refractivity contribution is 5.96. The fourth-order valence-electron chi connectivity index (χ4n) is 2.34. The standard InChI is InChI=1S/C17H11F3O/c18-17(19,20)21-14-8-3-7-13(11-14)16-10-4-6-12-5-1-2-9-15(12)16/h1-11H. The van der Waals surface area contributed by atoms with E-state index in [1.807, 2.05) is 42.5 Å². The SMILES string of the molecule is FC(F)(F)Oc1cccc(-c2cccc3ccccc23)c1. The van der Waals surface area contributed by atoms with Crippen LogP contribution < -0.4 is 4.74 Å². The lowest BCUT2D eigenvalue weighted by Gasteiger charge is -2.11. The Balaban J connectivity index is 2.09. The van der Waals surface area contributed by atoms with Gasteiger partial charge in [0.15, 0.2) is 0 Å². The Morgan fingerprint density at radius 3 is 2.29 bits per heavy atom. The van der Waals surface area contributed by atoms with Crippen molar-refractivity contribution in [2.24, 2.45) is 0 Å². The molecule has 4 heteroatoms. The largest absolute Gasteiger partial charge is 0.573 e. The summed E-state index contributed by atoms with van der Waals surface area (Å²) in [4.78, 5) is 0. The zero-order valence-electron chi connectivity index (χ0n) is 10.9. The Kier molecular flexibility index (Phi) is 3.29. The molecule has 0 N–H and O–H groups in total. The van der Waals surface area contributed by atoms with Crippen molar-refractivity contribution in [3.05, 3.63) is 66.7 Å². The Hall–Kier alpha value is -2.49. The number of benzene rings is 3. The summed E-state index contributed by atoms with van der Waals surface area (Å²) in [5, 5.41) is 2.03. The van der Waals surface area contributed by atoms with Crippen LogP contribution in [0.15, 0.2) is 66.7 Å². The number of rotatable bonds is 2. The van der Waals surface area contributed by atoms with Crippen molar-refractivity contribution in [1.82, 2.24) is 0 Å². The minimum absolute atomic E-state index is 0.215. The molecule has 0 spiro atoms. The van der Waals surface area contributed by atoms with E-state index in [9.17, 15) is 13.2 Å². The molecule has 21 heavy (non-hydrogen) atoms. The number of ether oxygens (including phenoxy) is 1.